The molecule has 2 atom stereocenters. The predicted octanol–water partition coefficient (Wildman–Crippen LogP) is 0.853. The lowest BCUT2D eigenvalue weighted by molar-refractivity contribution is -0.150. The van der Waals surface area contributed by atoms with Crippen molar-refractivity contribution in [1.82, 2.24) is 5.32 Å². The van der Waals surface area contributed by atoms with Gasteiger partial charge in [0.05, 0.1) is 17.9 Å². The minimum Gasteiger partial charge on any atom is -0.478 e. The summed E-state index contributed by atoms with van der Waals surface area (Å²) >= 11 is 0. The molecule has 0 radical (unpaired) electrons. The van der Waals surface area contributed by atoms with Gasteiger partial charge in [0, 0.05) is 24.3 Å². The smallest absolute Gasteiger partial charge is 0.337 e. The van der Waals surface area contributed by atoms with E-state index < -0.39 is 30.0 Å². The zero-order valence-electron chi connectivity index (χ0n) is 17.2. The van der Waals surface area contributed by atoms with Crippen molar-refractivity contribution in [1.29, 1.82) is 5.41 Å². The van der Waals surface area contributed by atoms with E-state index in [-0.39, 0.29) is 24.4 Å². The second-order valence-electron chi connectivity index (χ2n) is 7.64. The molecule has 5 N–H and O–H groups in total. The van der Waals surface area contributed by atoms with Crippen molar-refractivity contribution in [2.24, 2.45) is 0 Å². The molecule has 2 aliphatic rings. The number of carboxylic acid groups (broad SMARTS) is 1. The van der Waals surface area contributed by atoms with Crippen LogP contribution < -0.4 is 15.5 Å². The molecule has 166 valence electrons. The number of anilines is 2. The maximum atomic E-state index is 13.0. The van der Waals surface area contributed by atoms with Gasteiger partial charge in [0.25, 0.3) is 11.8 Å². The summed E-state index contributed by atoms with van der Waals surface area (Å²) in [6, 6.07) is 9.66. The number of nitrogens with one attached hydrogen (secondary N) is 3. The number of aryl methyl sites for hydroxylation is 1. The average Bonchev–Trinajstić information content (AvgIpc) is 3.13. The Morgan fingerprint density at radius 1 is 1.28 bits per heavy atom. The van der Waals surface area contributed by atoms with Crippen LogP contribution in [-0.2, 0) is 20.9 Å². The number of carbonyl (C=O) groups is 3. The SMILES string of the molecule is Cc1ccc(N2CCO[C@H]([C@@H](O)C(=O)Nc3ccc4c(c3)CNC4=N)C2=O)c(C(=O)O)c1. The first-order valence-electron chi connectivity index (χ1n) is 9.98. The van der Waals surface area contributed by atoms with Gasteiger partial charge in [0.1, 0.15) is 5.84 Å². The van der Waals surface area contributed by atoms with Gasteiger partial charge < -0.3 is 30.5 Å². The fraction of sp³-hybridized carbons (Fsp3) is 0.273. The van der Waals surface area contributed by atoms with Crippen LogP contribution in [-0.4, -0.2) is 59.2 Å². The number of amides is 2. The number of fused-ring (bicyclic) bond motifs is 1. The normalized spacial score (nSPS) is 18.7. The highest BCUT2D eigenvalue weighted by molar-refractivity contribution is 6.07. The first-order valence-corrected chi connectivity index (χ1v) is 9.98. The summed E-state index contributed by atoms with van der Waals surface area (Å²) in [6.45, 7) is 2.32. The van der Waals surface area contributed by atoms with E-state index in [0.717, 1.165) is 16.7 Å². The van der Waals surface area contributed by atoms with Gasteiger partial charge in [-0.05, 0) is 42.8 Å². The highest BCUT2D eigenvalue weighted by Gasteiger charge is 2.40. The Bertz CT molecular complexity index is 1130. The first kappa shape index (κ1) is 21.5. The first-order chi connectivity index (χ1) is 15.3. The lowest BCUT2D eigenvalue weighted by atomic mass is 10.0. The summed E-state index contributed by atoms with van der Waals surface area (Å²) in [5.74, 6) is -2.40. The van der Waals surface area contributed by atoms with Crippen molar-refractivity contribution in [3.8, 4) is 0 Å². The van der Waals surface area contributed by atoms with Crippen LogP contribution in [0.15, 0.2) is 36.4 Å². The van der Waals surface area contributed by atoms with Crippen LogP contribution in [0.25, 0.3) is 0 Å². The van der Waals surface area contributed by atoms with Gasteiger partial charge in [0.2, 0.25) is 0 Å². The second kappa shape index (κ2) is 8.40. The van der Waals surface area contributed by atoms with Crippen molar-refractivity contribution < 1.29 is 29.3 Å². The number of benzene rings is 2. The van der Waals surface area contributed by atoms with Crippen molar-refractivity contribution in [3.63, 3.8) is 0 Å². The molecule has 0 aliphatic carbocycles. The number of aliphatic hydroxyl groups is 1. The Hall–Kier alpha value is -3.76. The highest BCUT2D eigenvalue weighted by atomic mass is 16.5. The largest absolute Gasteiger partial charge is 0.478 e. The van der Waals surface area contributed by atoms with Crippen LogP contribution >= 0.6 is 0 Å². The number of nitrogens with zero attached hydrogens (tertiary/aromatic N) is 1. The van der Waals surface area contributed by atoms with Gasteiger partial charge in [-0.3, -0.25) is 15.0 Å². The molecule has 2 aromatic carbocycles. The van der Waals surface area contributed by atoms with Crippen molar-refractivity contribution in [3.05, 3.63) is 58.7 Å². The quantitative estimate of drug-likeness (QED) is 0.464. The van der Waals surface area contributed by atoms with Crippen LogP contribution in [0, 0.1) is 12.3 Å². The molecule has 10 heteroatoms. The Balaban J connectivity index is 1.51. The molecule has 2 heterocycles. The number of aliphatic hydroxyl groups excluding tert-OH is 1. The van der Waals surface area contributed by atoms with Gasteiger partial charge in [0.15, 0.2) is 12.2 Å². The third-order valence-corrected chi connectivity index (χ3v) is 5.45. The molecule has 0 bridgehead atoms. The highest BCUT2D eigenvalue weighted by Crippen LogP contribution is 2.26. The summed E-state index contributed by atoms with van der Waals surface area (Å²) in [5.41, 5.74) is 2.84. The molecule has 32 heavy (non-hydrogen) atoms. The third kappa shape index (κ3) is 3.93. The van der Waals surface area contributed by atoms with Gasteiger partial charge in [-0.2, -0.15) is 0 Å². The van der Waals surface area contributed by atoms with E-state index >= 15 is 0 Å². The number of hydrogen-bond donors (Lipinski definition) is 5. The van der Waals surface area contributed by atoms with Gasteiger partial charge >= 0.3 is 5.97 Å². The van der Waals surface area contributed by atoms with E-state index in [1.54, 1.807) is 31.2 Å². The second-order valence-corrected chi connectivity index (χ2v) is 7.64. The summed E-state index contributed by atoms with van der Waals surface area (Å²) in [6.07, 6.45) is -3.27. The van der Waals surface area contributed by atoms with E-state index in [9.17, 15) is 24.6 Å². The summed E-state index contributed by atoms with van der Waals surface area (Å²) in [4.78, 5) is 38.5. The van der Waals surface area contributed by atoms with Crippen molar-refractivity contribution in [2.45, 2.75) is 25.7 Å². The number of rotatable bonds is 5. The maximum Gasteiger partial charge on any atom is 0.337 e. The lowest BCUT2D eigenvalue weighted by Crippen LogP contribution is -2.55. The molecule has 2 aromatic rings. The Morgan fingerprint density at radius 3 is 2.81 bits per heavy atom. The maximum absolute atomic E-state index is 13.0. The number of carboxylic acids is 1. The molecule has 4 rings (SSSR count). The van der Waals surface area contributed by atoms with E-state index in [1.165, 1.54) is 17.0 Å². The van der Waals surface area contributed by atoms with E-state index in [1.807, 2.05) is 0 Å². The molecule has 10 nitrogen and oxygen atoms in total. The molecule has 2 amide bonds. The zero-order valence-corrected chi connectivity index (χ0v) is 17.2. The average molecular weight is 438 g/mol. The molecule has 0 saturated carbocycles. The lowest BCUT2D eigenvalue weighted by Gasteiger charge is -2.34. The van der Waals surface area contributed by atoms with E-state index in [4.69, 9.17) is 10.1 Å². The number of amidine groups is 1. The molecular weight excluding hydrogens is 416 g/mol. The van der Waals surface area contributed by atoms with Crippen LogP contribution in [0.1, 0.15) is 27.0 Å². The summed E-state index contributed by atoms with van der Waals surface area (Å²) < 4.78 is 5.39. The minimum absolute atomic E-state index is 0.0281. The molecule has 0 spiro atoms. The van der Waals surface area contributed by atoms with E-state index in [2.05, 4.69) is 10.6 Å². The topological polar surface area (TPSA) is 152 Å². The Kier molecular flexibility index (Phi) is 5.64. The van der Waals surface area contributed by atoms with Crippen LogP contribution in [0.5, 0.6) is 0 Å². The predicted molar refractivity (Wildman–Crippen MR) is 115 cm³/mol. The third-order valence-electron chi connectivity index (χ3n) is 5.45. The molecule has 1 saturated heterocycles. The molecule has 0 aromatic heterocycles. The van der Waals surface area contributed by atoms with Crippen molar-refractivity contribution >= 4 is 35.0 Å². The van der Waals surface area contributed by atoms with Gasteiger partial charge in [-0.15, -0.1) is 0 Å². The van der Waals surface area contributed by atoms with Crippen LogP contribution in [0.2, 0.25) is 0 Å². The van der Waals surface area contributed by atoms with E-state index in [0.29, 0.717) is 18.1 Å². The van der Waals surface area contributed by atoms with Gasteiger partial charge in [-0.1, -0.05) is 11.6 Å². The Morgan fingerprint density at radius 2 is 2.06 bits per heavy atom. The zero-order chi connectivity index (χ0) is 23.0. The number of hydrogen-bond acceptors (Lipinski definition) is 6. The number of ether oxygens (including phenoxy) is 1. The molecule has 2 aliphatic heterocycles. The monoisotopic (exact) mass is 438 g/mol. The molecule has 1 fully saturated rings. The number of aromatic carboxylic acids is 1. The minimum atomic E-state index is -1.80. The summed E-state index contributed by atoms with van der Waals surface area (Å²) in [5, 5.41) is 33.3. The molecule has 0 unspecified atom stereocenters. The Labute approximate surface area is 183 Å². The summed E-state index contributed by atoms with van der Waals surface area (Å²) in [7, 11) is 0. The number of carbonyl (C=O) groups excluding carboxylic acids is 2. The van der Waals surface area contributed by atoms with Gasteiger partial charge in [-0.25, -0.2) is 4.79 Å². The standard InChI is InChI=1S/C22H22N4O6/c1-11-2-5-16(15(8-11)22(30)31)26-6-7-32-18(21(26)29)17(27)20(28)25-13-3-4-14-12(9-13)10-24-19(14)23/h2-5,8-9,17-18,27H,6-7,10H2,1H3,(H2,23,24)(H,25,28)(H,30,31)/t17-,18-/m1/s1. The van der Waals surface area contributed by atoms with Crippen LogP contribution in [0.3, 0.4) is 0 Å². The molecular formula is C22H22N4O6. The van der Waals surface area contributed by atoms with Crippen molar-refractivity contribution in [2.75, 3.05) is 23.4 Å². The van der Waals surface area contributed by atoms with Crippen LogP contribution in [0.4, 0.5) is 11.4 Å². The number of morpholine rings is 1. The fourth-order valence-corrected chi connectivity index (χ4v) is 3.82. The fourth-order valence-electron chi connectivity index (χ4n) is 3.82.